The summed E-state index contributed by atoms with van der Waals surface area (Å²) in [4.78, 5) is 14.2. The highest BCUT2D eigenvalue weighted by Crippen LogP contribution is 2.35. The predicted octanol–water partition coefficient (Wildman–Crippen LogP) is 2.89. The molecule has 1 aliphatic heterocycles. The third kappa shape index (κ3) is 3.92. The lowest BCUT2D eigenvalue weighted by atomic mass is 9.84. The highest BCUT2D eigenvalue weighted by Gasteiger charge is 2.32. The van der Waals surface area contributed by atoms with Crippen LogP contribution < -0.4 is 10.4 Å². The van der Waals surface area contributed by atoms with Crippen molar-refractivity contribution in [2.75, 3.05) is 13.1 Å². The molecule has 1 aliphatic rings. The summed E-state index contributed by atoms with van der Waals surface area (Å²) >= 11 is 0. The maximum atomic E-state index is 14.0. The molecule has 0 saturated carbocycles. The third-order valence-electron chi connectivity index (χ3n) is 5.88. The standard InChI is InChI=1S/C22H23F3N6/c1-4-14-5-6-15(23)9-16(14)21(26-3)30-8-7-13(2)17(11-30)19-10-18(20(24)25)29-22-27-12-28-31(19)22/h4-6,9-10,12-13,17,20H,3,7-8,11H2,1-2H3/b14-4-,21-16+/t13-,17-/m1/s1. The van der Waals surface area contributed by atoms with E-state index < -0.39 is 6.43 Å². The Hall–Kier alpha value is -3.23. The van der Waals surface area contributed by atoms with Gasteiger partial charge in [-0.3, -0.25) is 0 Å². The molecule has 0 bridgehead atoms. The molecule has 3 aromatic rings. The van der Waals surface area contributed by atoms with Crippen molar-refractivity contribution in [3.05, 3.63) is 58.2 Å². The quantitative estimate of drug-likeness (QED) is 0.600. The van der Waals surface area contributed by atoms with Crippen molar-refractivity contribution < 1.29 is 13.2 Å². The number of aromatic nitrogens is 4. The van der Waals surface area contributed by atoms with Gasteiger partial charge in [-0.2, -0.15) is 10.1 Å². The Kier molecular flexibility index (Phi) is 5.75. The summed E-state index contributed by atoms with van der Waals surface area (Å²) in [6.07, 6.45) is 1.29. The SMILES string of the molecule is C=N/C(=c1/cc(F)cc/c1=C/C)N1CC[C@@H](C)[C@H](c2cc(C(F)F)nc3ncnn23)C1. The monoisotopic (exact) mass is 428 g/mol. The van der Waals surface area contributed by atoms with E-state index in [4.69, 9.17) is 0 Å². The highest BCUT2D eigenvalue weighted by molar-refractivity contribution is 5.51. The minimum atomic E-state index is -2.71. The second-order valence-electron chi connectivity index (χ2n) is 7.70. The first-order chi connectivity index (χ1) is 14.9. The fraction of sp³-hybridized carbons (Fsp3) is 0.364. The first-order valence-corrected chi connectivity index (χ1v) is 10.1. The van der Waals surface area contributed by atoms with Crippen LogP contribution in [-0.2, 0) is 0 Å². The Morgan fingerprint density at radius 1 is 1.32 bits per heavy atom. The van der Waals surface area contributed by atoms with Crippen LogP contribution >= 0.6 is 0 Å². The molecule has 6 nitrogen and oxygen atoms in total. The van der Waals surface area contributed by atoms with Crippen molar-refractivity contribution in [2.24, 2.45) is 10.9 Å². The molecule has 0 unspecified atom stereocenters. The lowest BCUT2D eigenvalue weighted by Gasteiger charge is -2.38. The summed E-state index contributed by atoms with van der Waals surface area (Å²) in [7, 11) is 0. The molecule has 0 amide bonds. The molecule has 1 saturated heterocycles. The number of alkyl halides is 2. The van der Waals surface area contributed by atoms with Crippen LogP contribution in [0.3, 0.4) is 0 Å². The molecule has 0 aliphatic carbocycles. The molecular formula is C22H23F3N6. The Balaban J connectivity index is 1.83. The Morgan fingerprint density at radius 3 is 2.84 bits per heavy atom. The molecule has 2 aromatic heterocycles. The van der Waals surface area contributed by atoms with Gasteiger partial charge in [0, 0.05) is 24.2 Å². The van der Waals surface area contributed by atoms with E-state index in [0.29, 0.717) is 29.8 Å². The van der Waals surface area contributed by atoms with Crippen molar-refractivity contribution in [2.45, 2.75) is 32.6 Å². The van der Waals surface area contributed by atoms with Crippen LogP contribution in [-0.4, -0.2) is 44.3 Å². The number of fused-ring (bicyclic) bond motifs is 1. The molecule has 3 heterocycles. The summed E-state index contributed by atoms with van der Waals surface area (Å²) < 4.78 is 42.4. The van der Waals surface area contributed by atoms with Crippen molar-refractivity contribution >= 4 is 24.4 Å². The van der Waals surface area contributed by atoms with Crippen molar-refractivity contribution in [3.63, 3.8) is 0 Å². The molecule has 4 rings (SSSR count). The number of aliphatic imine (C=N–C) groups is 1. The maximum Gasteiger partial charge on any atom is 0.280 e. The predicted molar refractivity (Wildman–Crippen MR) is 113 cm³/mol. The summed E-state index contributed by atoms with van der Waals surface area (Å²) in [6, 6.07) is 5.97. The van der Waals surface area contributed by atoms with Crippen LogP contribution in [0.5, 0.6) is 0 Å². The molecule has 0 N–H and O–H groups in total. The zero-order valence-electron chi connectivity index (χ0n) is 17.3. The number of halogens is 3. The van der Waals surface area contributed by atoms with E-state index in [-0.39, 0.29) is 29.1 Å². The number of piperidine rings is 1. The maximum absolute atomic E-state index is 14.0. The number of hydrogen-bond donors (Lipinski definition) is 0. The minimum absolute atomic E-state index is 0.127. The number of benzene rings is 1. The van der Waals surface area contributed by atoms with Crippen LogP contribution in [0, 0.1) is 11.7 Å². The molecule has 9 heteroatoms. The topological polar surface area (TPSA) is 58.7 Å². The van der Waals surface area contributed by atoms with Crippen molar-refractivity contribution in [1.29, 1.82) is 0 Å². The largest absolute Gasteiger partial charge is 0.355 e. The number of nitrogens with zero attached hydrogens (tertiary/aromatic N) is 6. The second kappa shape index (κ2) is 8.49. The molecule has 31 heavy (non-hydrogen) atoms. The van der Waals surface area contributed by atoms with Gasteiger partial charge in [0.15, 0.2) is 0 Å². The van der Waals surface area contributed by atoms with Gasteiger partial charge in [-0.25, -0.2) is 27.7 Å². The smallest absolute Gasteiger partial charge is 0.280 e. The number of rotatable bonds is 4. The van der Waals surface area contributed by atoms with E-state index in [2.05, 4.69) is 33.7 Å². The van der Waals surface area contributed by atoms with Gasteiger partial charge in [0.1, 0.15) is 23.7 Å². The van der Waals surface area contributed by atoms with Crippen LogP contribution in [0.2, 0.25) is 0 Å². The van der Waals surface area contributed by atoms with Gasteiger partial charge in [-0.15, -0.1) is 0 Å². The molecule has 0 radical (unpaired) electrons. The minimum Gasteiger partial charge on any atom is -0.355 e. The number of likely N-dealkylation sites (tertiary alicyclic amines) is 1. The van der Waals surface area contributed by atoms with E-state index in [1.54, 1.807) is 6.07 Å². The lowest BCUT2D eigenvalue weighted by molar-refractivity contribution is 0.145. The normalized spacial score (nSPS) is 21.1. The van der Waals surface area contributed by atoms with Crippen LogP contribution in [0.4, 0.5) is 13.2 Å². The molecule has 1 fully saturated rings. The van der Waals surface area contributed by atoms with E-state index in [1.807, 2.05) is 17.9 Å². The lowest BCUT2D eigenvalue weighted by Crippen LogP contribution is -2.42. The van der Waals surface area contributed by atoms with Gasteiger partial charge < -0.3 is 4.90 Å². The third-order valence-corrected chi connectivity index (χ3v) is 5.88. The first-order valence-electron chi connectivity index (χ1n) is 10.1. The summed E-state index contributed by atoms with van der Waals surface area (Å²) in [5.74, 6) is 0.438. The zero-order chi connectivity index (χ0) is 22.1. The van der Waals surface area contributed by atoms with E-state index >= 15 is 0 Å². The van der Waals surface area contributed by atoms with Gasteiger partial charge in [0.05, 0.1) is 5.69 Å². The zero-order valence-corrected chi connectivity index (χ0v) is 17.3. The number of hydrogen-bond acceptors (Lipinski definition) is 5. The van der Waals surface area contributed by atoms with Crippen molar-refractivity contribution in [1.82, 2.24) is 24.5 Å². The van der Waals surface area contributed by atoms with Gasteiger partial charge in [0.25, 0.3) is 12.2 Å². The average Bonchev–Trinajstić information content (AvgIpc) is 3.24. The summed E-state index contributed by atoms with van der Waals surface area (Å²) in [5, 5.41) is 5.70. The fourth-order valence-electron chi connectivity index (χ4n) is 4.21. The highest BCUT2D eigenvalue weighted by atomic mass is 19.3. The molecule has 1 aromatic carbocycles. The summed E-state index contributed by atoms with van der Waals surface area (Å²) in [5.41, 5.74) is 0.304. The van der Waals surface area contributed by atoms with E-state index in [0.717, 1.165) is 11.6 Å². The van der Waals surface area contributed by atoms with Crippen LogP contribution in [0.15, 0.2) is 35.6 Å². The Bertz CT molecular complexity index is 1240. The average molecular weight is 428 g/mol. The summed E-state index contributed by atoms with van der Waals surface area (Å²) in [6.45, 7) is 8.86. The fourth-order valence-corrected chi connectivity index (χ4v) is 4.21. The van der Waals surface area contributed by atoms with Gasteiger partial charge >= 0.3 is 0 Å². The van der Waals surface area contributed by atoms with E-state index in [9.17, 15) is 13.2 Å². The second-order valence-corrected chi connectivity index (χ2v) is 7.70. The van der Waals surface area contributed by atoms with Crippen LogP contribution in [0.25, 0.3) is 17.7 Å². The Morgan fingerprint density at radius 2 is 2.13 bits per heavy atom. The van der Waals surface area contributed by atoms with Gasteiger partial charge in [0.2, 0.25) is 0 Å². The van der Waals surface area contributed by atoms with Gasteiger partial charge in [-0.05, 0) is 49.4 Å². The van der Waals surface area contributed by atoms with E-state index in [1.165, 1.54) is 29.0 Å². The molecule has 2 atom stereocenters. The van der Waals surface area contributed by atoms with Crippen LogP contribution in [0.1, 0.15) is 44.0 Å². The Labute approximate surface area is 177 Å². The molecule has 162 valence electrons. The van der Waals surface area contributed by atoms with Crippen molar-refractivity contribution in [3.8, 4) is 0 Å². The molecular weight excluding hydrogens is 405 g/mol. The first kappa shape index (κ1) is 21.0. The molecule has 0 spiro atoms. The van der Waals surface area contributed by atoms with Gasteiger partial charge in [-0.1, -0.05) is 19.1 Å².